The smallest absolute Gasteiger partial charge is 0.232 e. The highest BCUT2D eigenvalue weighted by Gasteiger charge is 2.25. The average molecular weight is 370 g/mol. The van der Waals surface area contributed by atoms with Gasteiger partial charge in [0.2, 0.25) is 7.37 Å². The molecule has 0 aliphatic rings. The predicted molar refractivity (Wildman–Crippen MR) is 93.3 cm³/mol. The summed E-state index contributed by atoms with van der Waals surface area (Å²) in [5, 5.41) is 1.59. The monoisotopic (exact) mass is 369 g/mol. The van der Waals surface area contributed by atoms with Crippen LogP contribution in [0.5, 0.6) is 0 Å². The van der Waals surface area contributed by atoms with Crippen molar-refractivity contribution in [1.82, 2.24) is 4.98 Å². The standard InChI is InChI=1S/C16H14Cl2NO3P/c1-21-23(20,8-7-11-3-2-4-13(17)16(11)18)12-5-6-15-14(9-12)19-10-22-15/h2-6,9-10H,7-8H2,1H3. The quantitative estimate of drug-likeness (QED) is 0.598. The maximum atomic E-state index is 13.2. The van der Waals surface area contributed by atoms with Crippen molar-refractivity contribution in [3.05, 3.63) is 58.4 Å². The summed E-state index contributed by atoms with van der Waals surface area (Å²) in [6.07, 6.45) is 2.19. The van der Waals surface area contributed by atoms with Gasteiger partial charge < -0.3 is 8.94 Å². The largest absolute Gasteiger partial charge is 0.443 e. The van der Waals surface area contributed by atoms with Gasteiger partial charge in [0.05, 0.1) is 10.0 Å². The zero-order chi connectivity index (χ0) is 16.4. The number of benzene rings is 2. The minimum absolute atomic E-state index is 0.326. The van der Waals surface area contributed by atoms with Gasteiger partial charge in [-0.15, -0.1) is 0 Å². The van der Waals surface area contributed by atoms with Gasteiger partial charge >= 0.3 is 0 Å². The van der Waals surface area contributed by atoms with E-state index in [0.29, 0.717) is 39.0 Å². The molecule has 1 atom stereocenters. The van der Waals surface area contributed by atoms with Crippen LogP contribution in [0.4, 0.5) is 0 Å². The molecule has 0 fully saturated rings. The number of hydrogen-bond acceptors (Lipinski definition) is 4. The minimum atomic E-state index is -3.02. The second kappa shape index (κ2) is 6.66. The molecular weight excluding hydrogens is 356 g/mol. The fourth-order valence-electron chi connectivity index (χ4n) is 2.39. The van der Waals surface area contributed by atoms with Crippen molar-refractivity contribution in [3.8, 4) is 0 Å². The summed E-state index contributed by atoms with van der Waals surface area (Å²) in [4.78, 5) is 4.09. The molecule has 0 N–H and O–H groups in total. The van der Waals surface area contributed by atoms with Crippen molar-refractivity contribution in [2.24, 2.45) is 0 Å². The molecule has 0 saturated heterocycles. The number of fused-ring (bicyclic) bond motifs is 1. The summed E-state index contributed by atoms with van der Waals surface area (Å²) in [6.45, 7) is 0. The molecule has 0 amide bonds. The number of hydrogen-bond donors (Lipinski definition) is 0. The van der Waals surface area contributed by atoms with E-state index in [1.165, 1.54) is 13.5 Å². The van der Waals surface area contributed by atoms with Gasteiger partial charge in [-0.05, 0) is 36.2 Å². The van der Waals surface area contributed by atoms with Gasteiger partial charge in [0.25, 0.3) is 0 Å². The lowest BCUT2D eigenvalue weighted by atomic mass is 10.2. The molecule has 0 saturated carbocycles. The lowest BCUT2D eigenvalue weighted by molar-refractivity contribution is 0.403. The summed E-state index contributed by atoms with van der Waals surface area (Å²) in [5.74, 6) is 0. The second-order valence-corrected chi connectivity index (χ2v) is 8.51. The van der Waals surface area contributed by atoms with E-state index < -0.39 is 7.37 Å². The van der Waals surface area contributed by atoms with Gasteiger partial charge in [0.15, 0.2) is 12.0 Å². The van der Waals surface area contributed by atoms with Crippen LogP contribution in [0.15, 0.2) is 47.2 Å². The lowest BCUT2D eigenvalue weighted by Crippen LogP contribution is -2.11. The van der Waals surface area contributed by atoms with E-state index >= 15 is 0 Å². The van der Waals surface area contributed by atoms with Gasteiger partial charge in [0.1, 0.15) is 5.52 Å². The number of oxazole rings is 1. The van der Waals surface area contributed by atoms with Crippen molar-refractivity contribution in [1.29, 1.82) is 0 Å². The Balaban J connectivity index is 1.88. The van der Waals surface area contributed by atoms with E-state index in [9.17, 15) is 4.57 Å². The average Bonchev–Trinajstić information content (AvgIpc) is 3.03. The molecule has 4 nitrogen and oxygen atoms in total. The molecule has 1 unspecified atom stereocenters. The lowest BCUT2D eigenvalue weighted by Gasteiger charge is -2.17. The third-order valence-corrected chi connectivity index (χ3v) is 7.03. The Hall–Kier alpha value is -1.32. The number of aromatic nitrogens is 1. The molecule has 1 aromatic heterocycles. The Kier molecular flexibility index (Phi) is 4.79. The fraction of sp³-hybridized carbons (Fsp3) is 0.188. The number of rotatable bonds is 5. The molecule has 3 rings (SSSR count). The normalized spacial score (nSPS) is 14.0. The first-order valence-corrected chi connectivity index (χ1v) is 9.51. The van der Waals surface area contributed by atoms with Gasteiger partial charge in [-0.3, -0.25) is 4.57 Å². The molecule has 3 aromatic rings. The van der Waals surface area contributed by atoms with E-state index in [1.807, 2.05) is 12.1 Å². The third-order valence-electron chi connectivity index (χ3n) is 3.71. The highest BCUT2D eigenvalue weighted by molar-refractivity contribution is 7.67. The number of halogens is 2. The first kappa shape index (κ1) is 16.5. The molecule has 2 aromatic carbocycles. The van der Waals surface area contributed by atoms with Gasteiger partial charge in [-0.1, -0.05) is 35.3 Å². The van der Waals surface area contributed by atoms with Crippen LogP contribution in [0.3, 0.4) is 0 Å². The molecule has 1 heterocycles. The van der Waals surface area contributed by atoms with E-state index in [-0.39, 0.29) is 0 Å². The Morgan fingerprint density at radius 2 is 2.09 bits per heavy atom. The maximum absolute atomic E-state index is 13.2. The molecule has 0 aliphatic heterocycles. The van der Waals surface area contributed by atoms with Crippen molar-refractivity contribution in [2.45, 2.75) is 6.42 Å². The summed E-state index contributed by atoms with van der Waals surface area (Å²) < 4.78 is 23.7. The number of aryl methyl sites for hydroxylation is 1. The molecule has 0 bridgehead atoms. The molecule has 0 spiro atoms. The van der Waals surface area contributed by atoms with E-state index in [1.54, 1.807) is 24.3 Å². The van der Waals surface area contributed by atoms with Crippen molar-refractivity contribution >= 4 is 47.0 Å². The highest BCUT2D eigenvalue weighted by Crippen LogP contribution is 2.46. The first-order chi connectivity index (χ1) is 11.0. The van der Waals surface area contributed by atoms with Crippen LogP contribution >= 0.6 is 30.6 Å². The van der Waals surface area contributed by atoms with Gasteiger partial charge in [0, 0.05) is 18.6 Å². The maximum Gasteiger partial charge on any atom is 0.232 e. The Morgan fingerprint density at radius 3 is 2.87 bits per heavy atom. The van der Waals surface area contributed by atoms with Gasteiger partial charge in [-0.25, -0.2) is 4.98 Å². The van der Waals surface area contributed by atoms with Crippen LogP contribution in [0, 0.1) is 0 Å². The molecule has 120 valence electrons. The third kappa shape index (κ3) is 3.31. The zero-order valence-corrected chi connectivity index (χ0v) is 14.7. The Morgan fingerprint density at radius 1 is 1.26 bits per heavy atom. The summed E-state index contributed by atoms with van der Waals surface area (Å²) in [6, 6.07) is 10.6. The van der Waals surface area contributed by atoms with Crippen LogP contribution in [0.1, 0.15) is 5.56 Å². The molecule has 0 radical (unpaired) electrons. The van der Waals surface area contributed by atoms with Crippen LogP contribution in [0.25, 0.3) is 11.1 Å². The molecule has 7 heteroatoms. The van der Waals surface area contributed by atoms with E-state index in [2.05, 4.69) is 4.98 Å². The summed E-state index contributed by atoms with van der Waals surface area (Å²) in [5.41, 5.74) is 2.15. The number of nitrogens with zero attached hydrogens (tertiary/aromatic N) is 1. The second-order valence-electron chi connectivity index (χ2n) is 5.05. The summed E-state index contributed by atoms with van der Waals surface area (Å²) in [7, 11) is -1.56. The molecule has 23 heavy (non-hydrogen) atoms. The van der Waals surface area contributed by atoms with Crippen molar-refractivity contribution in [2.75, 3.05) is 13.3 Å². The first-order valence-electron chi connectivity index (χ1n) is 6.95. The van der Waals surface area contributed by atoms with E-state index in [4.69, 9.17) is 32.1 Å². The molecular formula is C16H14Cl2NO3P. The minimum Gasteiger partial charge on any atom is -0.443 e. The fourth-order valence-corrected chi connectivity index (χ4v) is 4.62. The highest BCUT2D eigenvalue weighted by atomic mass is 35.5. The summed E-state index contributed by atoms with van der Waals surface area (Å²) >= 11 is 12.2. The van der Waals surface area contributed by atoms with Crippen molar-refractivity contribution < 1.29 is 13.5 Å². The topological polar surface area (TPSA) is 52.3 Å². The van der Waals surface area contributed by atoms with Crippen LogP contribution < -0.4 is 5.30 Å². The molecule has 0 aliphatic carbocycles. The van der Waals surface area contributed by atoms with Crippen LogP contribution in [-0.2, 0) is 15.5 Å². The Labute approximate surface area is 143 Å². The SMILES string of the molecule is COP(=O)(CCc1cccc(Cl)c1Cl)c1ccc2ocnc2c1. The van der Waals surface area contributed by atoms with E-state index in [0.717, 1.165) is 5.56 Å². The Bertz CT molecular complexity index is 894. The predicted octanol–water partition coefficient (Wildman–Crippen LogP) is 4.93. The van der Waals surface area contributed by atoms with Gasteiger partial charge in [-0.2, -0.15) is 0 Å². The van der Waals surface area contributed by atoms with Crippen LogP contribution in [-0.4, -0.2) is 18.3 Å². The van der Waals surface area contributed by atoms with Crippen molar-refractivity contribution in [3.63, 3.8) is 0 Å². The zero-order valence-electron chi connectivity index (χ0n) is 12.3. The van der Waals surface area contributed by atoms with Crippen LogP contribution in [0.2, 0.25) is 10.0 Å².